The second-order valence-corrected chi connectivity index (χ2v) is 5.35. The Morgan fingerprint density at radius 3 is 2.90 bits per heavy atom. The van der Waals surface area contributed by atoms with Crippen LogP contribution in [0.2, 0.25) is 0 Å². The first-order valence-corrected chi connectivity index (χ1v) is 6.56. The first-order chi connectivity index (χ1) is 9.13. The zero-order valence-electron chi connectivity index (χ0n) is 11.9. The standard InChI is InChI=1S/C13H21N3O3.ClH/c1-13(3-5-14-6-4-13)9-15-12(17)11-7-10(8-18-2)19-16-11;/h7,14H,3-6,8-9H2,1-2H3,(H,15,17);1H. The number of rotatable bonds is 5. The van der Waals surface area contributed by atoms with Crippen molar-refractivity contribution in [3.63, 3.8) is 0 Å². The number of ether oxygens (including phenoxy) is 1. The molecule has 2 heterocycles. The highest BCUT2D eigenvalue weighted by molar-refractivity contribution is 5.92. The molecule has 0 radical (unpaired) electrons. The van der Waals surface area contributed by atoms with Crippen LogP contribution in [0.3, 0.4) is 0 Å². The Kier molecular flexibility index (Phi) is 6.45. The van der Waals surface area contributed by atoms with Crippen molar-refractivity contribution in [2.24, 2.45) is 5.41 Å². The minimum absolute atomic E-state index is 0. The van der Waals surface area contributed by atoms with Gasteiger partial charge >= 0.3 is 0 Å². The summed E-state index contributed by atoms with van der Waals surface area (Å²) in [6.45, 7) is 5.21. The monoisotopic (exact) mass is 303 g/mol. The molecule has 1 saturated heterocycles. The molecule has 0 spiro atoms. The van der Waals surface area contributed by atoms with Gasteiger partial charge in [0, 0.05) is 19.7 Å². The van der Waals surface area contributed by atoms with Gasteiger partial charge in [-0.25, -0.2) is 0 Å². The maximum Gasteiger partial charge on any atom is 0.273 e. The maximum absolute atomic E-state index is 12.0. The first-order valence-electron chi connectivity index (χ1n) is 6.56. The second kappa shape index (κ2) is 7.61. The fraction of sp³-hybridized carbons (Fsp3) is 0.692. The first kappa shape index (κ1) is 16.9. The van der Waals surface area contributed by atoms with Crippen molar-refractivity contribution in [2.75, 3.05) is 26.7 Å². The highest BCUT2D eigenvalue weighted by Gasteiger charge is 2.27. The Bertz CT molecular complexity index is 430. The Morgan fingerprint density at radius 1 is 1.55 bits per heavy atom. The zero-order chi connectivity index (χ0) is 13.7. The van der Waals surface area contributed by atoms with Crippen molar-refractivity contribution in [1.29, 1.82) is 0 Å². The van der Waals surface area contributed by atoms with Gasteiger partial charge in [-0.2, -0.15) is 0 Å². The summed E-state index contributed by atoms with van der Waals surface area (Å²) in [5.74, 6) is 0.367. The van der Waals surface area contributed by atoms with E-state index in [4.69, 9.17) is 9.26 Å². The van der Waals surface area contributed by atoms with Gasteiger partial charge in [0.25, 0.3) is 5.91 Å². The van der Waals surface area contributed by atoms with Crippen LogP contribution in [0.4, 0.5) is 0 Å². The van der Waals surface area contributed by atoms with E-state index in [0.29, 0.717) is 24.6 Å². The predicted octanol–water partition coefficient (Wildman–Crippen LogP) is 1.36. The zero-order valence-corrected chi connectivity index (χ0v) is 12.7. The van der Waals surface area contributed by atoms with Gasteiger partial charge < -0.3 is 19.9 Å². The van der Waals surface area contributed by atoms with E-state index in [1.54, 1.807) is 13.2 Å². The lowest BCUT2D eigenvalue weighted by molar-refractivity contribution is 0.0912. The molecule has 114 valence electrons. The van der Waals surface area contributed by atoms with E-state index in [0.717, 1.165) is 25.9 Å². The number of carbonyl (C=O) groups excluding carboxylic acids is 1. The van der Waals surface area contributed by atoms with Gasteiger partial charge in [-0.3, -0.25) is 4.79 Å². The van der Waals surface area contributed by atoms with Crippen molar-refractivity contribution < 1.29 is 14.1 Å². The van der Waals surface area contributed by atoms with Gasteiger partial charge in [-0.15, -0.1) is 12.4 Å². The summed E-state index contributed by atoms with van der Waals surface area (Å²) in [6.07, 6.45) is 2.14. The van der Waals surface area contributed by atoms with Crippen molar-refractivity contribution in [3.8, 4) is 0 Å². The topological polar surface area (TPSA) is 76.4 Å². The molecule has 20 heavy (non-hydrogen) atoms. The van der Waals surface area contributed by atoms with E-state index in [1.165, 1.54) is 0 Å². The highest BCUT2D eigenvalue weighted by Crippen LogP contribution is 2.26. The summed E-state index contributed by atoms with van der Waals surface area (Å²) in [4.78, 5) is 12.0. The molecule has 2 rings (SSSR count). The molecule has 0 atom stereocenters. The van der Waals surface area contributed by atoms with Crippen LogP contribution in [-0.4, -0.2) is 37.8 Å². The number of hydrogen-bond donors (Lipinski definition) is 2. The van der Waals surface area contributed by atoms with Crippen molar-refractivity contribution in [1.82, 2.24) is 15.8 Å². The molecule has 2 N–H and O–H groups in total. The third-order valence-corrected chi connectivity index (χ3v) is 3.56. The second-order valence-electron chi connectivity index (χ2n) is 5.35. The van der Waals surface area contributed by atoms with Crippen LogP contribution in [0.25, 0.3) is 0 Å². The van der Waals surface area contributed by atoms with Crippen LogP contribution >= 0.6 is 12.4 Å². The number of halogens is 1. The number of hydrogen-bond acceptors (Lipinski definition) is 5. The average molecular weight is 304 g/mol. The van der Waals surface area contributed by atoms with Gasteiger partial charge in [-0.05, 0) is 31.3 Å². The summed E-state index contributed by atoms with van der Waals surface area (Å²) in [5.41, 5.74) is 0.476. The van der Waals surface area contributed by atoms with Crippen LogP contribution in [0.15, 0.2) is 10.6 Å². The lowest BCUT2D eigenvalue weighted by Crippen LogP contribution is -2.42. The van der Waals surface area contributed by atoms with Crippen LogP contribution < -0.4 is 10.6 Å². The highest BCUT2D eigenvalue weighted by atomic mass is 35.5. The largest absolute Gasteiger partial charge is 0.377 e. The van der Waals surface area contributed by atoms with E-state index in [9.17, 15) is 4.79 Å². The Morgan fingerprint density at radius 2 is 2.25 bits per heavy atom. The van der Waals surface area contributed by atoms with Gasteiger partial charge in [0.1, 0.15) is 6.61 Å². The summed E-state index contributed by atoms with van der Waals surface area (Å²) in [5, 5.41) is 10.00. The quantitative estimate of drug-likeness (QED) is 0.859. The van der Waals surface area contributed by atoms with E-state index >= 15 is 0 Å². The molecule has 1 fully saturated rings. The normalized spacial score (nSPS) is 17.3. The minimum atomic E-state index is -0.189. The third-order valence-electron chi connectivity index (χ3n) is 3.56. The Balaban J connectivity index is 0.00000200. The van der Waals surface area contributed by atoms with Crippen LogP contribution in [0.1, 0.15) is 36.0 Å². The Labute approximate surface area is 125 Å². The van der Waals surface area contributed by atoms with E-state index in [-0.39, 0.29) is 23.7 Å². The number of amides is 1. The summed E-state index contributed by atoms with van der Waals surface area (Å²) >= 11 is 0. The molecule has 7 heteroatoms. The molecule has 0 unspecified atom stereocenters. The van der Waals surface area contributed by atoms with Crippen LogP contribution in [0, 0.1) is 5.41 Å². The lowest BCUT2D eigenvalue weighted by Gasteiger charge is -2.33. The molecule has 1 aromatic rings. The van der Waals surface area contributed by atoms with Crippen LogP contribution in [0.5, 0.6) is 0 Å². The number of methoxy groups -OCH3 is 1. The summed E-state index contributed by atoms with van der Waals surface area (Å²) < 4.78 is 9.92. The molecular weight excluding hydrogens is 282 g/mol. The summed E-state index contributed by atoms with van der Waals surface area (Å²) in [7, 11) is 1.57. The number of aromatic nitrogens is 1. The molecular formula is C13H22ClN3O3. The fourth-order valence-corrected chi connectivity index (χ4v) is 2.22. The number of piperidine rings is 1. The Hall–Kier alpha value is -1.11. The van der Waals surface area contributed by atoms with E-state index in [1.807, 2.05) is 0 Å². The molecule has 1 aliphatic rings. The predicted molar refractivity (Wildman–Crippen MR) is 77.0 cm³/mol. The van der Waals surface area contributed by atoms with Crippen molar-refractivity contribution in [2.45, 2.75) is 26.4 Å². The molecule has 1 aromatic heterocycles. The van der Waals surface area contributed by atoms with Gasteiger partial charge in [0.2, 0.25) is 0 Å². The molecule has 0 aliphatic carbocycles. The molecule has 0 aromatic carbocycles. The third kappa shape index (κ3) is 4.47. The maximum atomic E-state index is 12.0. The van der Waals surface area contributed by atoms with Gasteiger partial charge in [0.05, 0.1) is 0 Å². The van der Waals surface area contributed by atoms with Gasteiger partial charge in [-0.1, -0.05) is 12.1 Å². The molecule has 0 bridgehead atoms. The van der Waals surface area contributed by atoms with E-state index < -0.39 is 0 Å². The number of nitrogens with zero attached hydrogens (tertiary/aromatic N) is 1. The SMILES string of the molecule is COCc1cc(C(=O)NCC2(C)CCNCC2)no1.Cl. The molecule has 1 amide bonds. The average Bonchev–Trinajstić information content (AvgIpc) is 2.86. The lowest BCUT2D eigenvalue weighted by atomic mass is 9.81. The van der Waals surface area contributed by atoms with Gasteiger partial charge in [0.15, 0.2) is 11.5 Å². The smallest absolute Gasteiger partial charge is 0.273 e. The number of nitrogens with one attached hydrogen (secondary N) is 2. The van der Waals surface area contributed by atoms with Crippen molar-refractivity contribution >= 4 is 18.3 Å². The molecule has 0 saturated carbocycles. The summed E-state index contributed by atoms with van der Waals surface area (Å²) in [6, 6.07) is 1.61. The minimum Gasteiger partial charge on any atom is -0.377 e. The molecule has 1 aliphatic heterocycles. The number of carbonyl (C=O) groups is 1. The fourth-order valence-electron chi connectivity index (χ4n) is 2.22. The van der Waals surface area contributed by atoms with Crippen LogP contribution in [-0.2, 0) is 11.3 Å². The van der Waals surface area contributed by atoms with E-state index in [2.05, 4.69) is 22.7 Å². The molecule has 6 nitrogen and oxygen atoms in total. The van der Waals surface area contributed by atoms with Crippen molar-refractivity contribution in [3.05, 3.63) is 17.5 Å².